The molecule has 0 N–H and O–H groups in total. The number of nitrogens with zero attached hydrogens (tertiary/aromatic N) is 1. The average molecular weight is 378 g/mol. The van der Waals surface area contributed by atoms with E-state index < -0.39 is 0 Å². The highest BCUT2D eigenvalue weighted by Gasteiger charge is 2.38. The number of rotatable bonds is 5. The van der Waals surface area contributed by atoms with Crippen molar-refractivity contribution in [3.05, 3.63) is 51.3 Å². The lowest BCUT2D eigenvalue weighted by Gasteiger charge is -2.25. The molecule has 0 unspecified atom stereocenters. The Bertz CT molecular complexity index is 793. The summed E-state index contributed by atoms with van der Waals surface area (Å²) in [6, 6.07) is 3.98. The Labute approximate surface area is 158 Å². The fourth-order valence-corrected chi connectivity index (χ4v) is 3.70. The molecule has 0 atom stereocenters. The zero-order valence-electron chi connectivity index (χ0n) is 14.6. The number of aromatic nitrogens is 1. The van der Waals surface area contributed by atoms with Gasteiger partial charge in [0.2, 0.25) is 0 Å². The van der Waals surface area contributed by atoms with Crippen LogP contribution in [0.15, 0.2) is 24.5 Å². The molecule has 1 aromatic heterocycles. The van der Waals surface area contributed by atoms with Crippen LogP contribution in [-0.2, 0) is 6.42 Å². The normalized spacial score (nSPS) is 15.2. The van der Waals surface area contributed by atoms with Crippen LogP contribution in [0.4, 0.5) is 0 Å². The van der Waals surface area contributed by atoms with Crippen LogP contribution in [0.1, 0.15) is 43.4 Å². The van der Waals surface area contributed by atoms with E-state index in [1.807, 2.05) is 24.3 Å². The summed E-state index contributed by atoms with van der Waals surface area (Å²) in [5.74, 6) is 1.62. The predicted octanol–water partition coefficient (Wildman–Crippen LogP) is 6.06. The second kappa shape index (κ2) is 7.27. The van der Waals surface area contributed by atoms with Gasteiger partial charge in [-0.1, -0.05) is 55.3 Å². The topological polar surface area (TPSA) is 31.4 Å². The van der Waals surface area contributed by atoms with Crippen molar-refractivity contribution in [1.29, 1.82) is 0 Å². The van der Waals surface area contributed by atoms with Gasteiger partial charge >= 0.3 is 0 Å². The quantitative estimate of drug-likeness (QED) is 0.634. The molecule has 2 aromatic rings. The van der Waals surface area contributed by atoms with Crippen LogP contribution in [0.5, 0.6) is 11.5 Å². The van der Waals surface area contributed by atoms with Gasteiger partial charge in [0.15, 0.2) is 11.5 Å². The lowest BCUT2D eigenvalue weighted by molar-refractivity contribution is 0.0828. The van der Waals surface area contributed by atoms with Gasteiger partial charge in [0.05, 0.1) is 17.2 Å². The van der Waals surface area contributed by atoms with E-state index in [2.05, 4.69) is 18.8 Å². The van der Waals surface area contributed by atoms with Crippen LogP contribution < -0.4 is 9.47 Å². The lowest BCUT2D eigenvalue weighted by Crippen LogP contribution is -2.32. The maximum atomic E-state index is 6.33. The summed E-state index contributed by atoms with van der Waals surface area (Å²) in [7, 11) is 1.67. The highest BCUT2D eigenvalue weighted by atomic mass is 35.5. The zero-order valence-corrected chi connectivity index (χ0v) is 16.1. The van der Waals surface area contributed by atoms with E-state index in [-0.39, 0.29) is 5.60 Å². The van der Waals surface area contributed by atoms with Gasteiger partial charge in [-0.3, -0.25) is 4.98 Å². The van der Waals surface area contributed by atoms with E-state index in [1.165, 1.54) is 5.56 Å². The Morgan fingerprint density at radius 3 is 2.44 bits per heavy atom. The average Bonchev–Trinajstić information content (AvgIpc) is 3.02. The SMILES string of the molecule is CCC1(CC)Cc2c(C=Cc3c(Cl)cncc3Cl)ccc(OC)c2O1. The lowest BCUT2D eigenvalue weighted by atomic mass is 9.89. The number of pyridine rings is 1. The second-order valence-electron chi connectivity index (χ2n) is 6.18. The van der Waals surface area contributed by atoms with Crippen molar-refractivity contribution < 1.29 is 9.47 Å². The number of halogens is 2. The Morgan fingerprint density at radius 2 is 1.84 bits per heavy atom. The van der Waals surface area contributed by atoms with Crippen LogP contribution in [0.2, 0.25) is 10.0 Å². The molecular formula is C20H21Cl2NO2. The molecule has 0 saturated carbocycles. The van der Waals surface area contributed by atoms with Crippen LogP contribution >= 0.6 is 23.2 Å². The van der Waals surface area contributed by atoms with Gasteiger partial charge in [-0.05, 0) is 24.5 Å². The molecule has 0 saturated heterocycles. The number of methoxy groups -OCH3 is 1. The number of benzene rings is 1. The van der Waals surface area contributed by atoms with Crippen molar-refractivity contribution in [2.75, 3.05) is 7.11 Å². The maximum absolute atomic E-state index is 6.33. The summed E-state index contributed by atoms with van der Waals surface area (Å²) in [6.07, 6.45) is 9.90. The van der Waals surface area contributed by atoms with Gasteiger partial charge in [0.25, 0.3) is 0 Å². The third-order valence-electron chi connectivity index (χ3n) is 4.91. The summed E-state index contributed by atoms with van der Waals surface area (Å²) in [6.45, 7) is 4.32. The molecule has 1 aromatic carbocycles. The van der Waals surface area contributed by atoms with Crippen LogP contribution in [0.25, 0.3) is 12.2 Å². The zero-order chi connectivity index (χ0) is 18.0. The Morgan fingerprint density at radius 1 is 1.16 bits per heavy atom. The molecule has 0 aliphatic carbocycles. The van der Waals surface area contributed by atoms with Gasteiger partial charge < -0.3 is 9.47 Å². The number of fused-ring (bicyclic) bond motifs is 1. The van der Waals surface area contributed by atoms with Gasteiger partial charge in [0, 0.05) is 29.9 Å². The summed E-state index contributed by atoms with van der Waals surface area (Å²) in [5, 5.41) is 1.06. The van der Waals surface area contributed by atoms with Gasteiger partial charge in [-0.2, -0.15) is 0 Å². The molecule has 0 bridgehead atoms. The van der Waals surface area contributed by atoms with E-state index >= 15 is 0 Å². The first-order valence-electron chi connectivity index (χ1n) is 8.39. The molecule has 2 heterocycles. The molecule has 3 rings (SSSR count). The van der Waals surface area contributed by atoms with Gasteiger partial charge in [-0.15, -0.1) is 0 Å². The van der Waals surface area contributed by atoms with Gasteiger partial charge in [-0.25, -0.2) is 0 Å². The first-order valence-corrected chi connectivity index (χ1v) is 9.15. The molecule has 5 heteroatoms. The largest absolute Gasteiger partial charge is 0.493 e. The van der Waals surface area contributed by atoms with E-state index in [4.69, 9.17) is 32.7 Å². The number of ether oxygens (including phenoxy) is 2. The van der Waals surface area contributed by atoms with Crippen LogP contribution in [0.3, 0.4) is 0 Å². The molecule has 1 aliphatic rings. The molecule has 1 aliphatic heterocycles. The molecule has 25 heavy (non-hydrogen) atoms. The van der Waals surface area contributed by atoms with Crippen molar-refractivity contribution in [3.63, 3.8) is 0 Å². The van der Waals surface area contributed by atoms with Crippen molar-refractivity contribution in [2.24, 2.45) is 0 Å². The highest BCUT2D eigenvalue weighted by molar-refractivity contribution is 6.37. The second-order valence-corrected chi connectivity index (χ2v) is 7.00. The standard InChI is InChI=1S/C20H21Cl2NO2/c1-4-20(5-2)10-15-13(7-9-18(24-3)19(15)25-20)6-8-14-16(21)11-23-12-17(14)22/h6-9,11-12H,4-5,10H2,1-3H3. The highest BCUT2D eigenvalue weighted by Crippen LogP contribution is 2.46. The number of hydrogen-bond acceptors (Lipinski definition) is 3. The summed E-state index contributed by atoms with van der Waals surface area (Å²) in [5.41, 5.74) is 2.86. The third-order valence-corrected chi connectivity index (χ3v) is 5.51. The minimum absolute atomic E-state index is 0.161. The molecule has 0 fully saturated rings. The summed E-state index contributed by atoms with van der Waals surface area (Å²) in [4.78, 5) is 3.99. The fourth-order valence-electron chi connectivity index (χ4n) is 3.21. The van der Waals surface area contributed by atoms with E-state index in [9.17, 15) is 0 Å². The Balaban J connectivity index is 2.03. The molecule has 0 amide bonds. The summed E-state index contributed by atoms with van der Waals surface area (Å²) >= 11 is 12.4. The summed E-state index contributed by atoms with van der Waals surface area (Å²) < 4.78 is 11.8. The Hall–Kier alpha value is -1.71. The molecule has 0 spiro atoms. The maximum Gasteiger partial charge on any atom is 0.165 e. The third kappa shape index (κ3) is 3.36. The monoisotopic (exact) mass is 377 g/mol. The van der Waals surface area contributed by atoms with Crippen molar-refractivity contribution in [3.8, 4) is 11.5 Å². The van der Waals surface area contributed by atoms with E-state index in [0.717, 1.165) is 41.9 Å². The molecule has 132 valence electrons. The predicted molar refractivity (Wildman–Crippen MR) is 104 cm³/mol. The van der Waals surface area contributed by atoms with Crippen molar-refractivity contribution >= 4 is 35.4 Å². The van der Waals surface area contributed by atoms with Crippen molar-refractivity contribution in [1.82, 2.24) is 4.98 Å². The first kappa shape index (κ1) is 18.1. The fraction of sp³-hybridized carbons (Fsp3) is 0.350. The van der Waals surface area contributed by atoms with Crippen LogP contribution in [0, 0.1) is 0 Å². The molecule has 0 radical (unpaired) electrons. The van der Waals surface area contributed by atoms with Gasteiger partial charge in [0.1, 0.15) is 5.60 Å². The minimum atomic E-state index is -0.161. The smallest absolute Gasteiger partial charge is 0.165 e. The Kier molecular flexibility index (Phi) is 5.26. The van der Waals surface area contributed by atoms with Crippen LogP contribution in [-0.4, -0.2) is 17.7 Å². The van der Waals surface area contributed by atoms with E-state index in [0.29, 0.717) is 10.0 Å². The molecular weight excluding hydrogens is 357 g/mol. The van der Waals surface area contributed by atoms with E-state index in [1.54, 1.807) is 19.5 Å². The minimum Gasteiger partial charge on any atom is -0.493 e. The van der Waals surface area contributed by atoms with Crippen molar-refractivity contribution in [2.45, 2.75) is 38.7 Å². The number of hydrogen-bond donors (Lipinski definition) is 0. The first-order chi connectivity index (χ1) is 12.0. The molecule has 3 nitrogen and oxygen atoms in total.